The molecule has 0 bridgehead atoms. The highest BCUT2D eigenvalue weighted by Crippen LogP contribution is 2.32. The van der Waals surface area contributed by atoms with Crippen molar-refractivity contribution in [2.45, 2.75) is 75.3 Å². The fourth-order valence-electron chi connectivity index (χ4n) is 5.13. The van der Waals surface area contributed by atoms with E-state index in [9.17, 15) is 8.42 Å². The van der Waals surface area contributed by atoms with Crippen LogP contribution in [0.2, 0.25) is 0 Å². The Kier molecular flexibility index (Phi) is 5.56. The van der Waals surface area contributed by atoms with Crippen LogP contribution < -0.4 is 5.32 Å². The number of anilines is 1. The van der Waals surface area contributed by atoms with Crippen LogP contribution in [0.25, 0.3) is 16.6 Å². The van der Waals surface area contributed by atoms with Crippen LogP contribution in [-0.2, 0) is 9.84 Å². The first-order chi connectivity index (χ1) is 15.9. The van der Waals surface area contributed by atoms with Crippen molar-refractivity contribution in [1.29, 1.82) is 0 Å². The van der Waals surface area contributed by atoms with Crippen LogP contribution in [0.4, 0.5) is 5.82 Å². The molecule has 0 spiro atoms. The Labute approximate surface area is 194 Å². The highest BCUT2D eigenvalue weighted by molar-refractivity contribution is 7.91. The summed E-state index contributed by atoms with van der Waals surface area (Å²) < 4.78 is 29.1. The molecule has 1 aliphatic carbocycles. The van der Waals surface area contributed by atoms with Gasteiger partial charge in [0, 0.05) is 11.4 Å². The first-order valence-electron chi connectivity index (χ1n) is 11.6. The van der Waals surface area contributed by atoms with Crippen LogP contribution in [0.15, 0.2) is 46.3 Å². The molecule has 0 amide bonds. The lowest BCUT2D eigenvalue weighted by atomic mass is 10.1. The van der Waals surface area contributed by atoms with Crippen LogP contribution in [0.5, 0.6) is 0 Å². The van der Waals surface area contributed by atoms with Gasteiger partial charge in [0.25, 0.3) is 0 Å². The summed E-state index contributed by atoms with van der Waals surface area (Å²) in [5.74, 6) is 0.695. The minimum Gasteiger partial charge on any atom is -0.367 e. The number of hydrogen-bond acceptors (Lipinski definition) is 6. The summed E-state index contributed by atoms with van der Waals surface area (Å²) in [5.41, 5.74) is 3.46. The Hall–Kier alpha value is -3.00. The molecule has 7 nitrogen and oxygen atoms in total. The first-order valence-corrected chi connectivity index (χ1v) is 13.1. The third kappa shape index (κ3) is 3.86. The molecule has 0 saturated heterocycles. The third-order valence-corrected chi connectivity index (χ3v) is 8.50. The molecular formula is C25H29N5O2S. The molecular weight excluding hydrogens is 434 g/mol. The molecule has 1 fully saturated rings. The van der Waals surface area contributed by atoms with Crippen molar-refractivity contribution in [3.63, 3.8) is 0 Å². The monoisotopic (exact) mass is 463 g/mol. The number of aromatic nitrogens is 4. The van der Waals surface area contributed by atoms with Crippen LogP contribution in [0.1, 0.15) is 55.2 Å². The SMILES string of the molecule is Cc1cc(C)c(S(=O)(=O)c2nnn3c2nc(NC2CCCCCC2)c2ccccc23)c(C)c1. The van der Waals surface area contributed by atoms with Gasteiger partial charge in [-0.15, -0.1) is 5.10 Å². The van der Waals surface area contributed by atoms with Gasteiger partial charge < -0.3 is 5.32 Å². The molecule has 1 aliphatic rings. The van der Waals surface area contributed by atoms with Gasteiger partial charge in [0.15, 0.2) is 5.65 Å². The number of nitrogens with one attached hydrogen (secondary N) is 1. The molecule has 2 heterocycles. The van der Waals surface area contributed by atoms with E-state index < -0.39 is 9.84 Å². The van der Waals surface area contributed by atoms with Crippen molar-refractivity contribution in [3.8, 4) is 0 Å². The van der Waals surface area contributed by atoms with Gasteiger partial charge in [0.2, 0.25) is 14.9 Å². The zero-order valence-corrected chi connectivity index (χ0v) is 20.1. The quantitative estimate of drug-likeness (QED) is 0.420. The zero-order chi connectivity index (χ0) is 23.2. The number of nitrogens with zero attached hydrogens (tertiary/aromatic N) is 4. The lowest BCUT2D eigenvalue weighted by Crippen LogP contribution is -2.20. The number of hydrogen-bond donors (Lipinski definition) is 1. The normalized spacial score (nSPS) is 15.7. The summed E-state index contributed by atoms with van der Waals surface area (Å²) in [6.45, 7) is 5.60. The number of para-hydroxylation sites is 1. The van der Waals surface area contributed by atoms with Crippen molar-refractivity contribution in [1.82, 2.24) is 19.8 Å². The average Bonchev–Trinajstić information content (AvgIpc) is 3.03. The second-order valence-electron chi connectivity index (χ2n) is 9.17. The predicted molar refractivity (Wildman–Crippen MR) is 130 cm³/mol. The van der Waals surface area contributed by atoms with Crippen LogP contribution in [0.3, 0.4) is 0 Å². The number of fused-ring (bicyclic) bond motifs is 3. The Balaban J connectivity index is 1.70. The summed E-state index contributed by atoms with van der Waals surface area (Å²) in [7, 11) is -3.91. The largest absolute Gasteiger partial charge is 0.367 e. The summed E-state index contributed by atoms with van der Waals surface area (Å²) in [4.78, 5) is 5.09. The molecule has 1 N–H and O–H groups in total. The van der Waals surface area contributed by atoms with Crippen LogP contribution in [-0.4, -0.2) is 34.3 Å². The molecule has 5 rings (SSSR count). The molecule has 1 saturated carbocycles. The molecule has 0 atom stereocenters. The molecule has 0 radical (unpaired) electrons. The van der Waals surface area contributed by atoms with Crippen molar-refractivity contribution in [3.05, 3.63) is 53.1 Å². The Morgan fingerprint density at radius 2 is 1.64 bits per heavy atom. The maximum atomic E-state index is 13.8. The smallest absolute Gasteiger partial charge is 0.230 e. The summed E-state index contributed by atoms with van der Waals surface area (Å²) >= 11 is 0. The van der Waals surface area contributed by atoms with E-state index in [1.807, 2.05) is 57.2 Å². The molecule has 4 aromatic rings. The maximum absolute atomic E-state index is 13.8. The number of benzene rings is 2. The third-order valence-electron chi connectivity index (χ3n) is 6.55. The van der Waals surface area contributed by atoms with Gasteiger partial charge >= 0.3 is 0 Å². The van der Waals surface area contributed by atoms with Gasteiger partial charge in [0.05, 0.1) is 10.4 Å². The summed E-state index contributed by atoms with van der Waals surface area (Å²) in [6.07, 6.45) is 7.08. The van der Waals surface area contributed by atoms with Crippen molar-refractivity contribution in [2.24, 2.45) is 0 Å². The average molecular weight is 464 g/mol. The van der Waals surface area contributed by atoms with Gasteiger partial charge in [-0.2, -0.15) is 4.52 Å². The van der Waals surface area contributed by atoms with E-state index in [-0.39, 0.29) is 15.6 Å². The highest BCUT2D eigenvalue weighted by atomic mass is 32.2. The predicted octanol–water partition coefficient (Wildman–Crippen LogP) is 5.17. The Morgan fingerprint density at radius 3 is 2.33 bits per heavy atom. The number of rotatable bonds is 4. The van der Waals surface area contributed by atoms with Gasteiger partial charge in [-0.1, -0.05) is 60.7 Å². The Morgan fingerprint density at radius 1 is 0.970 bits per heavy atom. The highest BCUT2D eigenvalue weighted by Gasteiger charge is 2.30. The minimum atomic E-state index is -3.91. The first kappa shape index (κ1) is 21.8. The van der Waals surface area contributed by atoms with E-state index in [4.69, 9.17) is 4.98 Å². The minimum absolute atomic E-state index is 0.104. The molecule has 2 aromatic heterocycles. The maximum Gasteiger partial charge on any atom is 0.230 e. The fourth-order valence-corrected chi connectivity index (χ4v) is 6.81. The molecule has 2 aromatic carbocycles. The zero-order valence-electron chi connectivity index (χ0n) is 19.3. The number of sulfone groups is 1. The van der Waals surface area contributed by atoms with E-state index in [1.165, 1.54) is 25.7 Å². The summed E-state index contributed by atoms with van der Waals surface area (Å²) in [5, 5.41) is 12.8. The molecule has 172 valence electrons. The molecule has 0 aliphatic heterocycles. The fraction of sp³-hybridized carbons (Fsp3) is 0.400. The van der Waals surface area contributed by atoms with Crippen LogP contribution >= 0.6 is 0 Å². The van der Waals surface area contributed by atoms with Crippen molar-refractivity contribution < 1.29 is 8.42 Å². The van der Waals surface area contributed by atoms with Gasteiger partial charge in [-0.3, -0.25) is 0 Å². The van der Waals surface area contributed by atoms with Crippen LogP contribution in [0, 0.1) is 20.8 Å². The van der Waals surface area contributed by atoms with Crippen molar-refractivity contribution >= 4 is 32.2 Å². The number of aryl methyl sites for hydroxylation is 3. The summed E-state index contributed by atoms with van der Waals surface area (Å²) in [6, 6.07) is 11.9. The van der Waals surface area contributed by atoms with Gasteiger partial charge in [-0.05, 0) is 56.9 Å². The Bertz CT molecular complexity index is 1430. The van der Waals surface area contributed by atoms with E-state index in [1.54, 1.807) is 4.52 Å². The van der Waals surface area contributed by atoms with E-state index in [2.05, 4.69) is 15.6 Å². The lowest BCUT2D eigenvalue weighted by molar-refractivity contribution is 0.591. The topological polar surface area (TPSA) is 89.2 Å². The second kappa shape index (κ2) is 8.41. The van der Waals surface area contributed by atoms with Crippen molar-refractivity contribution in [2.75, 3.05) is 5.32 Å². The van der Waals surface area contributed by atoms with Gasteiger partial charge in [0.1, 0.15) is 5.82 Å². The van der Waals surface area contributed by atoms with E-state index in [0.717, 1.165) is 29.3 Å². The second-order valence-corrected chi connectivity index (χ2v) is 11.0. The van der Waals surface area contributed by atoms with Gasteiger partial charge in [-0.25, -0.2) is 13.4 Å². The van der Waals surface area contributed by atoms with E-state index in [0.29, 0.717) is 23.0 Å². The lowest BCUT2D eigenvalue weighted by Gasteiger charge is -2.18. The molecule has 8 heteroatoms. The molecule has 0 unspecified atom stereocenters. The molecule has 33 heavy (non-hydrogen) atoms. The van der Waals surface area contributed by atoms with E-state index >= 15 is 0 Å². The standard InChI is InChI=1S/C25H29N5O2S/c1-16-14-17(2)22(18(3)15-16)33(31,32)25-24-27-23(26-19-10-6-4-5-7-11-19)20-12-8-9-13-21(20)30(24)29-28-25/h8-9,12-15,19H,4-7,10-11H2,1-3H3,(H,26,27).